The summed E-state index contributed by atoms with van der Waals surface area (Å²) < 4.78 is 8.39. The van der Waals surface area contributed by atoms with E-state index in [4.69, 9.17) is 4.74 Å². The van der Waals surface area contributed by atoms with Crippen molar-refractivity contribution in [2.45, 2.75) is 26.1 Å². The van der Waals surface area contributed by atoms with Gasteiger partial charge in [0.05, 0.1) is 28.0 Å². The molecule has 30 heavy (non-hydrogen) atoms. The number of fused-ring (bicyclic) bond motifs is 3. The number of carbonyl (C=O) groups is 1. The predicted octanol–water partition coefficient (Wildman–Crippen LogP) is 4.43. The lowest BCUT2D eigenvalue weighted by atomic mass is 10.0. The molecular formula is C24H22N2O3S. The van der Waals surface area contributed by atoms with Gasteiger partial charge in [-0.05, 0) is 48.4 Å². The monoisotopic (exact) mass is 418 g/mol. The molecule has 0 N–H and O–H groups in total. The summed E-state index contributed by atoms with van der Waals surface area (Å²) in [5.74, 6) is -0.0624. The van der Waals surface area contributed by atoms with E-state index in [9.17, 15) is 9.59 Å². The minimum atomic E-state index is -0.119. The fourth-order valence-electron chi connectivity index (χ4n) is 4.31. The second-order valence-corrected chi connectivity index (χ2v) is 8.77. The Bertz CT molecular complexity index is 1300. The van der Waals surface area contributed by atoms with E-state index in [0.29, 0.717) is 29.7 Å². The van der Waals surface area contributed by atoms with Crippen LogP contribution in [-0.4, -0.2) is 40.5 Å². The molecule has 2 atom stereocenters. The Kier molecular flexibility index (Phi) is 4.68. The molecule has 5 nitrogen and oxygen atoms in total. The van der Waals surface area contributed by atoms with E-state index in [2.05, 4.69) is 0 Å². The van der Waals surface area contributed by atoms with Gasteiger partial charge in [0.1, 0.15) is 0 Å². The summed E-state index contributed by atoms with van der Waals surface area (Å²) in [4.78, 5) is 28.9. The fraction of sp³-hybridized carbons (Fsp3) is 0.250. The highest BCUT2D eigenvalue weighted by Gasteiger charge is 2.29. The highest BCUT2D eigenvalue weighted by molar-refractivity contribution is 7.18. The van der Waals surface area contributed by atoms with Gasteiger partial charge in [-0.1, -0.05) is 30.3 Å². The first kappa shape index (κ1) is 19.0. The van der Waals surface area contributed by atoms with Crippen molar-refractivity contribution >= 4 is 32.8 Å². The van der Waals surface area contributed by atoms with Crippen LogP contribution in [0.4, 0.5) is 0 Å². The lowest BCUT2D eigenvalue weighted by Crippen LogP contribution is -2.48. The molecule has 0 aliphatic carbocycles. The van der Waals surface area contributed by atoms with Crippen LogP contribution >= 0.6 is 11.3 Å². The Morgan fingerprint density at radius 2 is 1.80 bits per heavy atom. The molecule has 0 spiro atoms. The van der Waals surface area contributed by atoms with Gasteiger partial charge in [-0.3, -0.25) is 14.0 Å². The van der Waals surface area contributed by atoms with E-state index >= 15 is 0 Å². The Hall–Kier alpha value is -2.96. The van der Waals surface area contributed by atoms with Crippen LogP contribution in [0.1, 0.15) is 24.2 Å². The Morgan fingerprint density at radius 3 is 2.53 bits per heavy atom. The number of hydrogen-bond donors (Lipinski definition) is 0. The molecule has 1 aliphatic heterocycles. The van der Waals surface area contributed by atoms with Gasteiger partial charge in [-0.15, -0.1) is 11.3 Å². The molecule has 0 radical (unpaired) electrons. The van der Waals surface area contributed by atoms with Crippen LogP contribution in [0.15, 0.2) is 64.9 Å². The summed E-state index contributed by atoms with van der Waals surface area (Å²) in [7, 11) is 0. The molecule has 3 aromatic heterocycles. The highest BCUT2D eigenvalue weighted by atomic mass is 32.1. The van der Waals surface area contributed by atoms with Crippen molar-refractivity contribution < 1.29 is 9.53 Å². The van der Waals surface area contributed by atoms with E-state index in [-0.39, 0.29) is 23.7 Å². The predicted molar refractivity (Wildman–Crippen MR) is 120 cm³/mol. The molecule has 1 saturated heterocycles. The summed E-state index contributed by atoms with van der Waals surface area (Å²) in [5, 5.41) is 3.03. The van der Waals surface area contributed by atoms with Crippen LogP contribution in [0.3, 0.4) is 0 Å². The van der Waals surface area contributed by atoms with Gasteiger partial charge >= 0.3 is 0 Å². The van der Waals surface area contributed by atoms with E-state index in [1.54, 1.807) is 28.0 Å². The van der Waals surface area contributed by atoms with Crippen molar-refractivity contribution in [1.82, 2.24) is 9.30 Å². The number of nitrogens with zero attached hydrogens (tertiary/aromatic N) is 2. The summed E-state index contributed by atoms with van der Waals surface area (Å²) in [6, 6.07) is 15.3. The van der Waals surface area contributed by atoms with Crippen molar-refractivity contribution in [1.29, 1.82) is 0 Å². The topological polar surface area (TPSA) is 51.0 Å². The smallest absolute Gasteiger partial charge is 0.263 e. The molecule has 1 aliphatic rings. The fourth-order valence-corrected chi connectivity index (χ4v) is 5.25. The van der Waals surface area contributed by atoms with E-state index < -0.39 is 0 Å². The number of aromatic nitrogens is 1. The maximum atomic E-state index is 13.7. The second-order valence-electron chi connectivity index (χ2n) is 7.85. The van der Waals surface area contributed by atoms with Crippen molar-refractivity contribution in [3.05, 3.63) is 76.0 Å². The average molecular weight is 419 g/mol. The summed E-state index contributed by atoms with van der Waals surface area (Å²) in [5.41, 5.74) is 2.46. The highest BCUT2D eigenvalue weighted by Crippen LogP contribution is 2.30. The summed E-state index contributed by atoms with van der Waals surface area (Å²) >= 11 is 1.55. The van der Waals surface area contributed by atoms with Crippen LogP contribution in [-0.2, 0) is 4.74 Å². The summed E-state index contributed by atoms with van der Waals surface area (Å²) in [6.07, 6.45) is 1.73. The minimum Gasteiger partial charge on any atom is -0.372 e. The van der Waals surface area contributed by atoms with Crippen molar-refractivity contribution in [2.75, 3.05) is 13.1 Å². The van der Waals surface area contributed by atoms with Crippen molar-refractivity contribution in [2.24, 2.45) is 0 Å². The van der Waals surface area contributed by atoms with Gasteiger partial charge < -0.3 is 9.64 Å². The quantitative estimate of drug-likeness (QED) is 0.484. The lowest BCUT2D eigenvalue weighted by Gasteiger charge is -2.35. The minimum absolute atomic E-state index is 0.0225. The molecule has 5 rings (SSSR count). The molecule has 6 heteroatoms. The number of benzene rings is 1. The Morgan fingerprint density at radius 1 is 1.07 bits per heavy atom. The Balaban J connectivity index is 1.78. The molecule has 0 saturated carbocycles. The Labute approximate surface area is 178 Å². The number of thiophene rings is 1. The number of hydrogen-bond acceptors (Lipinski definition) is 4. The van der Waals surface area contributed by atoms with Gasteiger partial charge in [0, 0.05) is 24.8 Å². The molecule has 4 aromatic rings. The summed E-state index contributed by atoms with van der Waals surface area (Å²) in [6.45, 7) is 5.04. The first-order valence-electron chi connectivity index (χ1n) is 10.1. The molecule has 1 aromatic carbocycles. The molecule has 1 amide bonds. The number of carbonyl (C=O) groups excluding carboxylic acids is 1. The first-order chi connectivity index (χ1) is 14.5. The maximum Gasteiger partial charge on any atom is 0.263 e. The van der Waals surface area contributed by atoms with Gasteiger partial charge in [-0.25, -0.2) is 0 Å². The zero-order chi connectivity index (χ0) is 20.8. The van der Waals surface area contributed by atoms with E-state index in [0.717, 1.165) is 15.6 Å². The standard InChI is InChI=1S/C24H22N2O3S/c1-15-13-25(14-16(2)29-15)23(27)20-12-19(17-6-4-3-5-7-17)24(28)26-10-8-18-9-11-30-22(18)21(20)26/h3-12,15-16H,13-14H2,1-2H3/t15-,16+. The van der Waals surface area contributed by atoms with Crippen LogP contribution in [0, 0.1) is 0 Å². The zero-order valence-electron chi connectivity index (χ0n) is 16.9. The molecule has 1 fully saturated rings. The van der Waals surface area contributed by atoms with Crippen LogP contribution in [0.2, 0.25) is 0 Å². The number of ether oxygens (including phenoxy) is 1. The van der Waals surface area contributed by atoms with Crippen LogP contribution in [0.25, 0.3) is 26.7 Å². The number of pyridine rings is 2. The van der Waals surface area contributed by atoms with Crippen LogP contribution < -0.4 is 5.56 Å². The maximum absolute atomic E-state index is 13.7. The van der Waals surface area contributed by atoms with Gasteiger partial charge in [0.2, 0.25) is 0 Å². The largest absolute Gasteiger partial charge is 0.372 e. The van der Waals surface area contributed by atoms with Crippen molar-refractivity contribution in [3.8, 4) is 11.1 Å². The number of amides is 1. The zero-order valence-corrected chi connectivity index (χ0v) is 17.7. The van der Waals surface area contributed by atoms with E-state index in [1.165, 1.54) is 0 Å². The molecular weight excluding hydrogens is 396 g/mol. The third-order valence-corrected chi connectivity index (χ3v) is 6.51. The lowest BCUT2D eigenvalue weighted by molar-refractivity contribution is -0.0585. The molecule has 0 bridgehead atoms. The molecule has 152 valence electrons. The normalized spacial score (nSPS) is 19.5. The first-order valence-corrected chi connectivity index (χ1v) is 11.0. The SMILES string of the molecule is C[C@@H]1CN(C(=O)c2cc(-c3ccccc3)c(=O)n3ccc4ccsc4c23)C[C@H](C)O1. The van der Waals surface area contributed by atoms with Gasteiger partial charge in [0.15, 0.2) is 0 Å². The van der Waals surface area contributed by atoms with E-state index in [1.807, 2.05) is 66.6 Å². The number of morpholine rings is 1. The molecule has 0 unspecified atom stereocenters. The number of rotatable bonds is 2. The van der Waals surface area contributed by atoms with Gasteiger partial charge in [0.25, 0.3) is 11.5 Å². The average Bonchev–Trinajstić information content (AvgIpc) is 3.22. The molecule has 4 heterocycles. The second kappa shape index (κ2) is 7.38. The third-order valence-electron chi connectivity index (χ3n) is 5.57. The van der Waals surface area contributed by atoms with Crippen LogP contribution in [0.5, 0.6) is 0 Å². The third kappa shape index (κ3) is 3.13. The van der Waals surface area contributed by atoms with Crippen molar-refractivity contribution in [3.63, 3.8) is 0 Å². The van der Waals surface area contributed by atoms with Gasteiger partial charge in [-0.2, -0.15) is 0 Å².